The first kappa shape index (κ1) is 17.6. The van der Waals surface area contributed by atoms with E-state index in [0.29, 0.717) is 17.8 Å². The maximum absolute atomic E-state index is 13.6. The maximum Gasteiger partial charge on any atom is 0.328 e. The third kappa shape index (κ3) is 3.78. The molecule has 0 saturated heterocycles. The Labute approximate surface area is 142 Å². The van der Waals surface area contributed by atoms with Crippen molar-refractivity contribution in [2.45, 2.75) is 6.42 Å². The summed E-state index contributed by atoms with van der Waals surface area (Å²) in [5.41, 5.74) is 2.10. The molecule has 7 heteroatoms. The predicted octanol–water partition coefficient (Wildman–Crippen LogP) is 3.95. The second-order valence-electron chi connectivity index (χ2n) is 5.03. The van der Waals surface area contributed by atoms with Crippen LogP contribution in [0, 0.1) is 11.6 Å². The summed E-state index contributed by atoms with van der Waals surface area (Å²) in [5, 5.41) is 8.58. The molecule has 4 nitrogen and oxygen atoms in total. The van der Waals surface area contributed by atoms with Crippen molar-refractivity contribution in [3.05, 3.63) is 71.1 Å². The van der Waals surface area contributed by atoms with Gasteiger partial charge in [-0.1, -0.05) is 24.3 Å². The molecule has 0 spiro atoms. The highest BCUT2D eigenvalue weighted by molar-refractivity contribution is 5.85. The molecule has 1 aromatic heterocycles. The smallest absolute Gasteiger partial charge is 0.328 e. The van der Waals surface area contributed by atoms with Crippen molar-refractivity contribution >= 4 is 35.5 Å². The minimum atomic E-state index is -1.01. The van der Waals surface area contributed by atoms with Crippen LogP contribution in [0.5, 0.6) is 0 Å². The standard InChI is InChI=1S/C17H12F2N2O2.ClH/c18-12-6-7-13-17(16(12)19)21-14(20-13)9-11-3-1-10(2-4-11)5-8-15(22)23;/h1-8H,9H2,(H,20,21)(H,22,23);1H/b8-5+;. The lowest BCUT2D eigenvalue weighted by Crippen LogP contribution is -1.91. The minimum Gasteiger partial charge on any atom is -0.478 e. The summed E-state index contributed by atoms with van der Waals surface area (Å²) in [5.74, 6) is -2.37. The number of carboxylic acid groups (broad SMARTS) is 1. The van der Waals surface area contributed by atoms with Gasteiger partial charge in [0.1, 0.15) is 11.3 Å². The Kier molecular flexibility index (Phi) is 5.31. The van der Waals surface area contributed by atoms with E-state index in [4.69, 9.17) is 5.11 Å². The largest absolute Gasteiger partial charge is 0.478 e. The van der Waals surface area contributed by atoms with Gasteiger partial charge in [-0.3, -0.25) is 0 Å². The lowest BCUT2D eigenvalue weighted by molar-refractivity contribution is -0.131. The number of imidazole rings is 1. The zero-order chi connectivity index (χ0) is 16.4. The van der Waals surface area contributed by atoms with Crippen LogP contribution in [-0.2, 0) is 11.2 Å². The fraction of sp³-hybridized carbons (Fsp3) is 0.0588. The van der Waals surface area contributed by atoms with Gasteiger partial charge in [0, 0.05) is 12.5 Å². The molecule has 0 aliphatic carbocycles. The lowest BCUT2D eigenvalue weighted by atomic mass is 10.1. The van der Waals surface area contributed by atoms with Gasteiger partial charge in [0.2, 0.25) is 0 Å². The SMILES string of the molecule is Cl.O=C(O)/C=C/c1ccc(Cc2nc3c(F)c(F)ccc3[nH]2)cc1. The molecule has 3 rings (SSSR count). The van der Waals surface area contributed by atoms with Crippen LogP contribution in [0.1, 0.15) is 17.0 Å². The number of hydrogen-bond acceptors (Lipinski definition) is 2. The first-order valence-corrected chi connectivity index (χ1v) is 6.85. The zero-order valence-electron chi connectivity index (χ0n) is 12.3. The van der Waals surface area contributed by atoms with E-state index in [1.165, 1.54) is 12.1 Å². The average molecular weight is 351 g/mol. The second-order valence-corrected chi connectivity index (χ2v) is 5.03. The van der Waals surface area contributed by atoms with E-state index in [1.54, 1.807) is 12.1 Å². The first-order chi connectivity index (χ1) is 11.0. The molecule has 0 saturated carbocycles. The molecule has 0 fully saturated rings. The molecule has 124 valence electrons. The Morgan fingerprint density at radius 2 is 1.88 bits per heavy atom. The molecule has 24 heavy (non-hydrogen) atoms. The summed E-state index contributed by atoms with van der Waals surface area (Å²) in [4.78, 5) is 17.5. The van der Waals surface area contributed by atoms with Crippen LogP contribution in [0.25, 0.3) is 17.1 Å². The molecular formula is C17H13ClF2N2O2. The zero-order valence-corrected chi connectivity index (χ0v) is 13.1. The predicted molar refractivity (Wildman–Crippen MR) is 89.2 cm³/mol. The fourth-order valence-corrected chi connectivity index (χ4v) is 2.26. The van der Waals surface area contributed by atoms with Gasteiger partial charge < -0.3 is 10.1 Å². The van der Waals surface area contributed by atoms with Gasteiger partial charge in [-0.15, -0.1) is 12.4 Å². The molecule has 0 atom stereocenters. The van der Waals surface area contributed by atoms with Crippen molar-refractivity contribution in [3.63, 3.8) is 0 Å². The van der Waals surface area contributed by atoms with Crippen molar-refractivity contribution in [2.24, 2.45) is 0 Å². The van der Waals surface area contributed by atoms with E-state index >= 15 is 0 Å². The van der Waals surface area contributed by atoms with Crippen molar-refractivity contribution in [1.82, 2.24) is 9.97 Å². The van der Waals surface area contributed by atoms with Crippen LogP contribution in [0.3, 0.4) is 0 Å². The number of benzene rings is 2. The van der Waals surface area contributed by atoms with Gasteiger partial charge in [-0.2, -0.15) is 0 Å². The molecular weight excluding hydrogens is 338 g/mol. The summed E-state index contributed by atoms with van der Waals surface area (Å²) in [6.45, 7) is 0. The number of fused-ring (bicyclic) bond motifs is 1. The third-order valence-electron chi connectivity index (χ3n) is 3.36. The van der Waals surface area contributed by atoms with Crippen molar-refractivity contribution in [3.8, 4) is 0 Å². The fourth-order valence-electron chi connectivity index (χ4n) is 2.26. The molecule has 3 aromatic rings. The van der Waals surface area contributed by atoms with Crippen LogP contribution in [-0.4, -0.2) is 21.0 Å². The van der Waals surface area contributed by atoms with Crippen LogP contribution >= 0.6 is 12.4 Å². The number of halogens is 3. The van der Waals surface area contributed by atoms with Crippen LogP contribution in [0.2, 0.25) is 0 Å². The number of aromatic nitrogens is 2. The summed E-state index contributed by atoms with van der Waals surface area (Å²) in [6.07, 6.45) is 2.98. The second kappa shape index (κ2) is 7.23. The molecule has 0 bridgehead atoms. The van der Waals surface area contributed by atoms with E-state index < -0.39 is 17.6 Å². The minimum absolute atomic E-state index is 0. The van der Waals surface area contributed by atoms with Crippen molar-refractivity contribution in [1.29, 1.82) is 0 Å². The third-order valence-corrected chi connectivity index (χ3v) is 3.36. The molecule has 0 aliphatic heterocycles. The molecule has 2 aromatic carbocycles. The number of carbonyl (C=O) groups is 1. The average Bonchev–Trinajstić information content (AvgIpc) is 2.94. The highest BCUT2D eigenvalue weighted by Crippen LogP contribution is 2.19. The first-order valence-electron chi connectivity index (χ1n) is 6.85. The highest BCUT2D eigenvalue weighted by Gasteiger charge is 2.12. The number of rotatable bonds is 4. The van der Waals surface area contributed by atoms with Crippen molar-refractivity contribution < 1.29 is 18.7 Å². The highest BCUT2D eigenvalue weighted by atomic mass is 35.5. The summed E-state index contributed by atoms with van der Waals surface area (Å²) < 4.78 is 26.8. The van der Waals surface area contributed by atoms with E-state index in [1.807, 2.05) is 12.1 Å². The number of carboxylic acids is 1. The number of hydrogen-bond donors (Lipinski definition) is 2. The van der Waals surface area contributed by atoms with Crippen molar-refractivity contribution in [2.75, 3.05) is 0 Å². The van der Waals surface area contributed by atoms with E-state index in [0.717, 1.165) is 23.3 Å². The van der Waals surface area contributed by atoms with Crippen LogP contribution < -0.4 is 0 Å². The molecule has 0 radical (unpaired) electrons. The van der Waals surface area contributed by atoms with Crippen LogP contribution in [0.4, 0.5) is 8.78 Å². The van der Waals surface area contributed by atoms with Gasteiger partial charge in [-0.05, 0) is 29.3 Å². The molecule has 0 amide bonds. The maximum atomic E-state index is 13.6. The molecule has 1 heterocycles. The Balaban J connectivity index is 0.00000208. The van der Waals surface area contributed by atoms with Gasteiger partial charge in [0.05, 0.1) is 5.52 Å². The number of aromatic amines is 1. The normalized spacial score (nSPS) is 10.9. The van der Waals surface area contributed by atoms with Crippen LogP contribution in [0.15, 0.2) is 42.5 Å². The van der Waals surface area contributed by atoms with Gasteiger partial charge in [0.15, 0.2) is 11.6 Å². The van der Waals surface area contributed by atoms with Gasteiger partial charge in [-0.25, -0.2) is 18.6 Å². The summed E-state index contributed by atoms with van der Waals surface area (Å²) in [6, 6.07) is 9.71. The van der Waals surface area contributed by atoms with E-state index in [-0.39, 0.29) is 17.9 Å². The molecule has 2 N–H and O–H groups in total. The van der Waals surface area contributed by atoms with Gasteiger partial charge in [0.25, 0.3) is 0 Å². The summed E-state index contributed by atoms with van der Waals surface area (Å²) >= 11 is 0. The Morgan fingerprint density at radius 1 is 1.17 bits per heavy atom. The number of nitrogens with one attached hydrogen (secondary N) is 1. The number of aliphatic carboxylic acids is 1. The van der Waals surface area contributed by atoms with E-state index in [2.05, 4.69) is 9.97 Å². The monoisotopic (exact) mass is 350 g/mol. The van der Waals surface area contributed by atoms with E-state index in [9.17, 15) is 13.6 Å². The number of nitrogens with zero attached hydrogens (tertiary/aromatic N) is 1. The Hall–Kier alpha value is -2.73. The topological polar surface area (TPSA) is 66.0 Å². The Bertz CT molecular complexity index is 905. The summed E-state index contributed by atoms with van der Waals surface area (Å²) in [7, 11) is 0. The molecule has 0 aliphatic rings. The quantitative estimate of drug-likeness (QED) is 0.700. The number of H-pyrrole nitrogens is 1. The Morgan fingerprint density at radius 3 is 2.54 bits per heavy atom. The lowest BCUT2D eigenvalue weighted by Gasteiger charge is -1.99. The molecule has 0 unspecified atom stereocenters. The van der Waals surface area contributed by atoms with Gasteiger partial charge >= 0.3 is 5.97 Å².